The molecule has 4 rings (SSSR count). The van der Waals surface area contributed by atoms with Gasteiger partial charge in [-0.1, -0.05) is 60.7 Å². The molecule has 13 nitrogen and oxygen atoms in total. The highest BCUT2D eigenvalue weighted by Crippen LogP contribution is 2.18. The molecule has 46 heavy (non-hydrogen) atoms. The van der Waals surface area contributed by atoms with E-state index in [1.54, 1.807) is 30.3 Å². The molecule has 2 heterocycles. The third kappa shape index (κ3) is 8.46. The molecule has 1 radical (unpaired) electrons. The third-order valence-corrected chi connectivity index (χ3v) is 7.44. The van der Waals surface area contributed by atoms with Crippen LogP contribution in [0.3, 0.4) is 0 Å². The lowest BCUT2D eigenvalue weighted by atomic mass is 10.0. The van der Waals surface area contributed by atoms with Crippen LogP contribution in [0.15, 0.2) is 72.9 Å². The number of nitrogens with two attached hydrogens (primary N) is 1. The van der Waals surface area contributed by atoms with Gasteiger partial charge >= 0.3 is 6.09 Å². The Bertz CT molecular complexity index is 1590. The molecule has 3 atom stereocenters. The number of amidine groups is 1. The number of methoxy groups -OCH3 is 1. The van der Waals surface area contributed by atoms with E-state index in [4.69, 9.17) is 11.1 Å². The van der Waals surface area contributed by atoms with Gasteiger partial charge in [-0.15, -0.1) is 0 Å². The van der Waals surface area contributed by atoms with Crippen LogP contribution in [0.4, 0.5) is 4.79 Å². The van der Waals surface area contributed by atoms with Gasteiger partial charge in [0, 0.05) is 18.2 Å². The molecular formula is C33H36N7O6. The van der Waals surface area contributed by atoms with E-state index in [9.17, 15) is 24.0 Å². The van der Waals surface area contributed by atoms with Crippen molar-refractivity contribution >= 4 is 35.6 Å². The van der Waals surface area contributed by atoms with E-state index in [0.717, 1.165) is 12.7 Å². The van der Waals surface area contributed by atoms with Crippen LogP contribution in [0, 0.1) is 12.3 Å². The van der Waals surface area contributed by atoms with Gasteiger partial charge in [-0.3, -0.25) is 34.9 Å². The average Bonchev–Trinajstić information content (AvgIpc) is 3.61. The summed E-state index contributed by atoms with van der Waals surface area (Å²) >= 11 is 0. The van der Waals surface area contributed by atoms with E-state index in [0.29, 0.717) is 29.8 Å². The Morgan fingerprint density at radius 2 is 1.70 bits per heavy atom. The Hall–Kier alpha value is -5.27. The number of hydrogen-bond acceptors (Lipinski definition) is 10. The molecule has 13 heteroatoms. The van der Waals surface area contributed by atoms with Crippen LogP contribution < -0.4 is 21.7 Å². The van der Waals surface area contributed by atoms with Crippen molar-refractivity contribution in [2.45, 2.75) is 43.8 Å². The van der Waals surface area contributed by atoms with E-state index in [2.05, 4.69) is 32.6 Å². The topological polar surface area (TPSA) is 197 Å². The minimum atomic E-state index is -1.35. The largest absolute Gasteiger partial charge is 0.453 e. The number of carbonyl (C=O) groups excluding carboxylic acids is 5. The molecule has 1 aliphatic rings. The standard InChI is InChI=1S/C33H36N7O6/c1-20-24(18-23(19-37-20)28(35)39-33(45)46-2)30(42)40(31(43)26-14-9-15-36-26)32(44)27(17-22-12-7-4-8-13-22)38-29(41)25(34)16-21-10-5-3-6-11-21/h3-8,10-13,18-19,25-27,36H,1,9,14-17,34H2,2H3,(H,38,41)(H2,35,39,45)/t25-,26-,27-/m0/s1. The van der Waals surface area contributed by atoms with Crippen molar-refractivity contribution in [1.29, 1.82) is 5.41 Å². The number of carbonyl (C=O) groups is 5. The van der Waals surface area contributed by atoms with Crippen LogP contribution in [0.1, 0.15) is 45.6 Å². The Balaban J connectivity index is 1.69. The zero-order valence-corrected chi connectivity index (χ0v) is 25.3. The van der Waals surface area contributed by atoms with E-state index in [-0.39, 0.29) is 29.7 Å². The van der Waals surface area contributed by atoms with Crippen molar-refractivity contribution in [3.05, 3.63) is 108 Å². The van der Waals surface area contributed by atoms with Gasteiger partial charge in [0.1, 0.15) is 11.9 Å². The Kier molecular flexibility index (Phi) is 11.4. The zero-order valence-electron chi connectivity index (χ0n) is 25.3. The zero-order chi connectivity index (χ0) is 33.2. The predicted molar refractivity (Wildman–Crippen MR) is 168 cm³/mol. The molecule has 1 saturated heterocycles. The van der Waals surface area contributed by atoms with Crippen LogP contribution >= 0.6 is 0 Å². The molecule has 1 aromatic heterocycles. The second kappa shape index (κ2) is 15.6. The molecule has 0 spiro atoms. The normalized spacial score (nSPS) is 15.2. The lowest BCUT2D eigenvalue weighted by Gasteiger charge is -2.28. The van der Waals surface area contributed by atoms with Gasteiger partial charge in [0.15, 0.2) is 0 Å². The van der Waals surface area contributed by atoms with Crippen molar-refractivity contribution in [1.82, 2.24) is 25.8 Å². The summed E-state index contributed by atoms with van der Waals surface area (Å²) in [6, 6.07) is 16.0. The second-order valence-corrected chi connectivity index (χ2v) is 10.7. The molecule has 239 valence electrons. The summed E-state index contributed by atoms with van der Waals surface area (Å²) in [4.78, 5) is 71.9. The van der Waals surface area contributed by atoms with Crippen molar-refractivity contribution in [2.24, 2.45) is 5.73 Å². The number of alkyl carbamates (subject to hydrolysis) is 1. The number of nitrogens with zero attached hydrogens (tertiary/aromatic N) is 2. The summed E-state index contributed by atoms with van der Waals surface area (Å²) in [6.07, 6.45) is 1.48. The highest BCUT2D eigenvalue weighted by atomic mass is 16.5. The van der Waals surface area contributed by atoms with Gasteiger partial charge in [0.25, 0.3) is 17.7 Å². The molecule has 1 fully saturated rings. The molecule has 1 aliphatic heterocycles. The molecule has 0 saturated carbocycles. The first-order valence-corrected chi connectivity index (χ1v) is 14.6. The summed E-state index contributed by atoms with van der Waals surface area (Å²) in [5.74, 6) is -3.89. The lowest BCUT2D eigenvalue weighted by molar-refractivity contribution is -0.145. The summed E-state index contributed by atoms with van der Waals surface area (Å²) in [7, 11) is 1.13. The smallest absolute Gasteiger partial charge is 0.412 e. The second-order valence-electron chi connectivity index (χ2n) is 10.7. The molecule has 5 amide bonds. The minimum absolute atomic E-state index is 0.000938. The Morgan fingerprint density at radius 1 is 1.07 bits per heavy atom. The van der Waals surface area contributed by atoms with Crippen LogP contribution in [0.2, 0.25) is 0 Å². The molecule has 0 bridgehead atoms. The first-order valence-electron chi connectivity index (χ1n) is 14.6. The SMILES string of the molecule is [CH2]c1ncc(C(=N)NC(=O)OC)cc1C(=O)N(C(=O)[C@@H]1CCCN1)C(=O)[C@H](Cc1ccccc1)NC(=O)[C@@H](N)Cc1ccccc1. The van der Waals surface area contributed by atoms with Crippen molar-refractivity contribution in [2.75, 3.05) is 13.7 Å². The number of imide groups is 3. The fourth-order valence-corrected chi connectivity index (χ4v) is 4.97. The van der Waals surface area contributed by atoms with E-state index in [1.165, 1.54) is 12.3 Å². The maximum atomic E-state index is 14.3. The molecule has 6 N–H and O–H groups in total. The van der Waals surface area contributed by atoms with E-state index in [1.807, 2.05) is 30.3 Å². The van der Waals surface area contributed by atoms with Gasteiger partial charge in [0.05, 0.1) is 30.5 Å². The number of ether oxygens (including phenoxy) is 1. The minimum Gasteiger partial charge on any atom is -0.453 e. The lowest BCUT2D eigenvalue weighted by Crippen LogP contribution is -2.58. The van der Waals surface area contributed by atoms with E-state index < -0.39 is 53.7 Å². The van der Waals surface area contributed by atoms with Gasteiger partial charge in [0.2, 0.25) is 5.91 Å². The fourth-order valence-electron chi connectivity index (χ4n) is 4.97. The Morgan fingerprint density at radius 3 is 2.28 bits per heavy atom. The first-order chi connectivity index (χ1) is 22.1. The van der Waals surface area contributed by atoms with Crippen LogP contribution in [-0.4, -0.2) is 77.2 Å². The molecule has 3 aromatic rings. The van der Waals surface area contributed by atoms with Crippen LogP contribution in [0.25, 0.3) is 0 Å². The predicted octanol–water partition coefficient (Wildman–Crippen LogP) is 1.49. The summed E-state index contributed by atoms with van der Waals surface area (Å²) in [5, 5.41) is 16.1. The van der Waals surface area contributed by atoms with Crippen molar-refractivity contribution in [3.63, 3.8) is 0 Å². The van der Waals surface area contributed by atoms with Gasteiger partial charge in [-0.25, -0.2) is 9.69 Å². The van der Waals surface area contributed by atoms with Gasteiger partial charge < -0.3 is 21.1 Å². The first kappa shape index (κ1) is 33.6. The van der Waals surface area contributed by atoms with Crippen molar-refractivity contribution < 1.29 is 28.7 Å². The number of pyridine rings is 1. The molecule has 2 aromatic carbocycles. The summed E-state index contributed by atoms with van der Waals surface area (Å²) in [6.45, 7) is 4.29. The highest BCUT2D eigenvalue weighted by Gasteiger charge is 2.40. The monoisotopic (exact) mass is 626 g/mol. The Labute approximate surface area is 266 Å². The molecule has 0 unspecified atom stereocenters. The number of hydrogen-bond donors (Lipinski definition) is 5. The number of rotatable bonds is 10. The fraction of sp³-hybridized carbons (Fsp3) is 0.273. The summed E-state index contributed by atoms with van der Waals surface area (Å²) < 4.78 is 4.52. The van der Waals surface area contributed by atoms with Crippen LogP contribution in [-0.2, 0) is 32.0 Å². The number of benzene rings is 2. The quantitative estimate of drug-likeness (QED) is 0.126. The molecular weight excluding hydrogens is 590 g/mol. The maximum absolute atomic E-state index is 14.3. The summed E-state index contributed by atoms with van der Waals surface area (Å²) in [5.41, 5.74) is 7.39. The number of amides is 5. The molecule has 0 aliphatic carbocycles. The van der Waals surface area contributed by atoms with Crippen LogP contribution in [0.5, 0.6) is 0 Å². The van der Waals surface area contributed by atoms with Gasteiger partial charge in [-0.2, -0.15) is 0 Å². The number of aromatic nitrogens is 1. The maximum Gasteiger partial charge on any atom is 0.412 e. The number of nitrogens with one attached hydrogen (secondary N) is 4. The van der Waals surface area contributed by atoms with E-state index >= 15 is 0 Å². The highest BCUT2D eigenvalue weighted by molar-refractivity contribution is 6.19. The van der Waals surface area contributed by atoms with Crippen molar-refractivity contribution in [3.8, 4) is 0 Å². The average molecular weight is 627 g/mol. The third-order valence-electron chi connectivity index (χ3n) is 7.44. The van der Waals surface area contributed by atoms with Gasteiger partial charge in [-0.05, 0) is 49.9 Å².